The molecule has 0 fully saturated rings. The standard InChI is InChI=1S/2C17H9N.6Y/c1-2-6-14(7-3-1)15-8-4-9-16(12-15)17-10-5-11-18-13-17;1-2-5-14(6-3-1)16-7-4-8-17(13-16)15-9-11-18-12-10-15;;;;;;/h1-6,9-11H;1-5,8-9,11-12H;;;;;;/q2*-4;;;;;;. The molecule has 0 amide bonds. The first-order valence-corrected chi connectivity index (χ1v) is 11.3. The van der Waals surface area contributed by atoms with Crippen LogP contribution in [-0.2, 0) is 196 Å². The van der Waals surface area contributed by atoms with Crippen LogP contribution in [0.15, 0.2) is 110 Å². The van der Waals surface area contributed by atoms with Gasteiger partial charge in [0.2, 0.25) is 0 Å². The molecule has 0 spiro atoms. The van der Waals surface area contributed by atoms with Crippen molar-refractivity contribution in [2.24, 2.45) is 0 Å². The summed E-state index contributed by atoms with van der Waals surface area (Å²) in [5, 5.41) is 0. The van der Waals surface area contributed by atoms with E-state index >= 15 is 0 Å². The Morgan fingerprint density at radius 2 is 0.952 bits per heavy atom. The molecule has 2 heterocycles. The molecule has 6 aromatic rings. The molecule has 0 saturated heterocycles. The van der Waals surface area contributed by atoms with Crippen molar-refractivity contribution in [1.82, 2.24) is 9.97 Å². The summed E-state index contributed by atoms with van der Waals surface area (Å²) >= 11 is 0. The zero-order chi connectivity index (χ0) is 24.4. The Morgan fingerprint density at radius 1 is 0.405 bits per heavy atom. The summed E-state index contributed by atoms with van der Waals surface area (Å²) in [7, 11) is 0. The second-order valence-corrected chi connectivity index (χ2v) is 7.65. The minimum atomic E-state index is 0. The Hall–Kier alpha value is 1.80. The maximum atomic E-state index is 4.00. The Bertz CT molecular complexity index is 1290. The van der Waals surface area contributed by atoms with E-state index in [4.69, 9.17) is 0 Å². The van der Waals surface area contributed by atoms with Crippen LogP contribution >= 0.6 is 0 Å². The van der Waals surface area contributed by atoms with Gasteiger partial charge in [0.25, 0.3) is 0 Å². The van der Waals surface area contributed by atoms with Crippen LogP contribution < -0.4 is 0 Å². The number of pyridine rings is 2. The fraction of sp³-hybridized carbons (Fsp3) is 0. The van der Waals surface area contributed by atoms with Gasteiger partial charge in [-0.15, -0.1) is 30.3 Å². The molecule has 0 atom stereocenters. The van der Waals surface area contributed by atoms with E-state index in [1.54, 1.807) is 18.6 Å². The van der Waals surface area contributed by atoms with Crippen LogP contribution in [0.2, 0.25) is 0 Å². The predicted octanol–water partition coefficient (Wildman–Crippen LogP) is 7.22. The van der Waals surface area contributed by atoms with Crippen molar-refractivity contribution < 1.29 is 196 Å². The first kappa shape index (κ1) is 45.9. The first-order valence-electron chi connectivity index (χ1n) is 11.3. The number of hydrogen-bond donors (Lipinski definition) is 0. The minimum absolute atomic E-state index is 0. The molecule has 190 valence electrons. The van der Waals surface area contributed by atoms with Crippen molar-refractivity contribution in [3.05, 3.63) is 158 Å². The van der Waals surface area contributed by atoms with Crippen molar-refractivity contribution in [2.45, 2.75) is 0 Å². The molecular formula is C34H18N2Y6-8. The maximum absolute atomic E-state index is 4.00. The van der Waals surface area contributed by atoms with Gasteiger partial charge in [-0.25, -0.2) is 29.8 Å². The third kappa shape index (κ3) is 14.3. The minimum Gasteiger partial charge on any atom is -0.394 e. The van der Waals surface area contributed by atoms with Crippen molar-refractivity contribution in [1.29, 1.82) is 0 Å². The van der Waals surface area contributed by atoms with E-state index in [2.05, 4.69) is 58.6 Å². The smallest absolute Gasteiger partial charge is 0 e. The van der Waals surface area contributed by atoms with Crippen molar-refractivity contribution in [3.63, 3.8) is 0 Å². The molecule has 4 aromatic carbocycles. The SMILES string of the molecule is [Y].[Y].[Y].[Y].[Y].[Y].[c-]1ccc(-c2[c-]cncc2)[c-]c1-c1[c-]cccc1.[c-]1ccc(-c2[c-]nccc2)[c-]c1-c1[c-]cccc1. The maximum Gasteiger partial charge on any atom is 0 e. The molecular weight excluding hydrogens is 970 g/mol. The summed E-state index contributed by atoms with van der Waals surface area (Å²) in [6.07, 6.45) is 8.09. The predicted molar refractivity (Wildman–Crippen MR) is 141 cm³/mol. The molecule has 8 heteroatoms. The van der Waals surface area contributed by atoms with Gasteiger partial charge in [0, 0.05) is 196 Å². The molecule has 2 nitrogen and oxygen atoms in total. The van der Waals surface area contributed by atoms with E-state index in [1.165, 1.54) is 0 Å². The van der Waals surface area contributed by atoms with Crippen molar-refractivity contribution >= 4 is 0 Å². The fourth-order valence-corrected chi connectivity index (χ4v) is 3.50. The van der Waals surface area contributed by atoms with Crippen molar-refractivity contribution in [3.8, 4) is 44.5 Å². The van der Waals surface area contributed by atoms with Crippen LogP contribution in [0.3, 0.4) is 0 Å². The van der Waals surface area contributed by atoms with Crippen LogP contribution in [0.5, 0.6) is 0 Å². The van der Waals surface area contributed by atoms with Gasteiger partial charge in [0.1, 0.15) is 0 Å². The van der Waals surface area contributed by atoms with Gasteiger partial charge in [0.15, 0.2) is 0 Å². The second-order valence-electron chi connectivity index (χ2n) is 7.65. The Labute approximate surface area is 400 Å². The number of rotatable bonds is 4. The number of hydrogen-bond acceptors (Lipinski definition) is 2. The molecule has 0 aliphatic heterocycles. The summed E-state index contributed by atoms with van der Waals surface area (Å²) in [6.45, 7) is 0. The van der Waals surface area contributed by atoms with E-state index in [-0.39, 0.29) is 196 Å². The molecule has 42 heavy (non-hydrogen) atoms. The quantitative estimate of drug-likeness (QED) is 0.175. The summed E-state index contributed by atoms with van der Waals surface area (Å²) in [5.41, 5.74) is 7.68. The summed E-state index contributed by atoms with van der Waals surface area (Å²) in [6, 6.07) is 51.6. The molecule has 0 bridgehead atoms. The summed E-state index contributed by atoms with van der Waals surface area (Å²) in [4.78, 5) is 7.97. The monoisotopic (exact) mass is 988 g/mol. The van der Waals surface area contributed by atoms with Gasteiger partial charge in [-0.1, -0.05) is 6.20 Å². The number of aromatic nitrogens is 2. The average molecular weight is 988 g/mol. The van der Waals surface area contributed by atoms with Crippen molar-refractivity contribution in [2.75, 3.05) is 0 Å². The molecule has 2 aromatic heterocycles. The van der Waals surface area contributed by atoms with E-state index < -0.39 is 0 Å². The number of nitrogens with zero attached hydrogens (tertiary/aromatic N) is 2. The zero-order valence-electron chi connectivity index (χ0n) is 22.8. The molecule has 0 aliphatic rings. The largest absolute Gasteiger partial charge is 0.394 e. The van der Waals surface area contributed by atoms with E-state index in [9.17, 15) is 0 Å². The van der Waals surface area contributed by atoms with Gasteiger partial charge in [-0.05, 0) is 18.6 Å². The summed E-state index contributed by atoms with van der Waals surface area (Å²) in [5.74, 6) is 0. The zero-order valence-corrected chi connectivity index (χ0v) is 39.8. The summed E-state index contributed by atoms with van der Waals surface area (Å²) < 4.78 is 0. The van der Waals surface area contributed by atoms with E-state index in [0.717, 1.165) is 44.5 Å². The van der Waals surface area contributed by atoms with Crippen LogP contribution in [-0.4, -0.2) is 9.97 Å². The molecule has 6 rings (SSSR count). The molecule has 6 radical (unpaired) electrons. The third-order valence-corrected chi connectivity index (χ3v) is 5.24. The molecule has 0 saturated carbocycles. The normalized spacial score (nSPS) is 8.76. The molecule has 0 unspecified atom stereocenters. The average Bonchev–Trinajstić information content (AvgIpc) is 2.99. The Balaban J connectivity index is 0. The van der Waals surface area contributed by atoms with E-state index in [1.807, 2.05) is 91.0 Å². The van der Waals surface area contributed by atoms with Gasteiger partial charge in [-0.3, -0.25) is 34.8 Å². The van der Waals surface area contributed by atoms with Crippen LogP contribution in [0.25, 0.3) is 44.5 Å². The van der Waals surface area contributed by atoms with Crippen LogP contribution in [0, 0.1) is 48.7 Å². The molecule has 0 aliphatic carbocycles. The van der Waals surface area contributed by atoms with Crippen LogP contribution in [0.4, 0.5) is 0 Å². The van der Waals surface area contributed by atoms with Gasteiger partial charge >= 0.3 is 0 Å². The van der Waals surface area contributed by atoms with E-state index in [0.29, 0.717) is 0 Å². The van der Waals surface area contributed by atoms with Gasteiger partial charge < -0.3 is 57.1 Å². The third-order valence-electron chi connectivity index (χ3n) is 5.24. The topological polar surface area (TPSA) is 25.8 Å². The Morgan fingerprint density at radius 3 is 1.40 bits per heavy atom. The Kier molecular flexibility index (Phi) is 28.3. The molecule has 0 N–H and O–H groups in total. The van der Waals surface area contributed by atoms with Gasteiger partial charge in [0.05, 0.1) is 0 Å². The number of benzene rings is 4. The second kappa shape index (κ2) is 25.8. The fourth-order valence-electron chi connectivity index (χ4n) is 3.50. The first-order chi connectivity index (χ1) is 17.9. The van der Waals surface area contributed by atoms with Gasteiger partial charge in [-0.2, -0.15) is 35.9 Å². The van der Waals surface area contributed by atoms with Crippen LogP contribution in [0.1, 0.15) is 0 Å².